The van der Waals surface area contributed by atoms with Gasteiger partial charge in [-0.25, -0.2) is 4.79 Å². The van der Waals surface area contributed by atoms with E-state index in [2.05, 4.69) is 16.4 Å². The number of nitrogens with zero attached hydrogens (tertiary/aromatic N) is 1. The van der Waals surface area contributed by atoms with Crippen LogP contribution in [0.4, 0.5) is 10.5 Å². The summed E-state index contributed by atoms with van der Waals surface area (Å²) in [5.41, 5.74) is 2.75. The zero-order chi connectivity index (χ0) is 20.2. The molecule has 2 amide bonds. The van der Waals surface area contributed by atoms with Gasteiger partial charge >= 0.3 is 6.03 Å². The summed E-state index contributed by atoms with van der Waals surface area (Å²) >= 11 is 12.1. The number of carbonyl (C=O) groups is 1. The number of carbonyl (C=O) groups excluding carboxylic acids is 1. The molecule has 0 radical (unpaired) electrons. The van der Waals surface area contributed by atoms with Gasteiger partial charge in [0, 0.05) is 28.7 Å². The molecule has 2 aromatic carbocycles. The summed E-state index contributed by atoms with van der Waals surface area (Å²) in [4.78, 5) is 17.9. The van der Waals surface area contributed by atoms with E-state index in [4.69, 9.17) is 27.6 Å². The number of H-pyrrole nitrogens is 1. The van der Waals surface area contributed by atoms with Crippen molar-refractivity contribution in [3.05, 3.63) is 88.4 Å². The fraction of sp³-hybridized carbons (Fsp3) is 0.136. The van der Waals surface area contributed by atoms with Gasteiger partial charge in [0.1, 0.15) is 5.76 Å². The zero-order valence-corrected chi connectivity index (χ0v) is 17.0. The first-order valence-corrected chi connectivity index (χ1v) is 9.94. The minimum atomic E-state index is -0.259. The molecule has 4 aromatic rings. The molecule has 2 heterocycles. The Kier molecular flexibility index (Phi) is 5.79. The fourth-order valence-corrected chi connectivity index (χ4v) is 3.68. The SMILES string of the molecule is O=C(Nc1ccc(Cl)cc1Cl)N(CCc1c[nH]c2ccccc12)Cc1ccco1. The lowest BCUT2D eigenvalue weighted by molar-refractivity contribution is 0.205. The lowest BCUT2D eigenvalue weighted by atomic mass is 10.1. The van der Waals surface area contributed by atoms with Crippen molar-refractivity contribution in [1.29, 1.82) is 0 Å². The van der Waals surface area contributed by atoms with Crippen LogP contribution in [-0.4, -0.2) is 22.5 Å². The molecule has 148 valence electrons. The second kappa shape index (κ2) is 8.64. The minimum Gasteiger partial charge on any atom is -0.467 e. The normalized spacial score (nSPS) is 11.0. The second-order valence-corrected chi connectivity index (χ2v) is 7.51. The van der Waals surface area contributed by atoms with Crippen molar-refractivity contribution in [2.24, 2.45) is 0 Å². The molecule has 0 aliphatic rings. The molecule has 0 fully saturated rings. The molecule has 4 rings (SSSR count). The van der Waals surface area contributed by atoms with Crippen molar-refractivity contribution >= 4 is 45.8 Å². The number of benzene rings is 2. The molecule has 0 saturated carbocycles. The average molecular weight is 428 g/mol. The quantitative estimate of drug-likeness (QED) is 0.376. The van der Waals surface area contributed by atoms with Crippen molar-refractivity contribution in [1.82, 2.24) is 9.88 Å². The molecule has 2 N–H and O–H groups in total. The van der Waals surface area contributed by atoms with Gasteiger partial charge in [0.25, 0.3) is 0 Å². The third-order valence-corrected chi connectivity index (χ3v) is 5.26. The van der Waals surface area contributed by atoms with Crippen LogP contribution in [-0.2, 0) is 13.0 Å². The van der Waals surface area contributed by atoms with Crippen LogP contribution in [0.1, 0.15) is 11.3 Å². The molecule has 0 saturated heterocycles. The Bertz CT molecular complexity index is 1120. The first kappa shape index (κ1) is 19.4. The van der Waals surface area contributed by atoms with Gasteiger partial charge in [0.05, 0.1) is 23.5 Å². The number of hydrogen-bond acceptors (Lipinski definition) is 2. The summed E-state index contributed by atoms with van der Waals surface area (Å²) in [6, 6.07) is 16.5. The van der Waals surface area contributed by atoms with E-state index in [1.807, 2.05) is 30.5 Å². The third kappa shape index (κ3) is 4.58. The highest BCUT2D eigenvalue weighted by atomic mass is 35.5. The first-order valence-electron chi connectivity index (χ1n) is 9.18. The van der Waals surface area contributed by atoms with Crippen molar-refractivity contribution < 1.29 is 9.21 Å². The van der Waals surface area contributed by atoms with Crippen LogP contribution in [0.25, 0.3) is 10.9 Å². The maximum absolute atomic E-state index is 13.0. The fourth-order valence-electron chi connectivity index (χ4n) is 3.22. The molecular weight excluding hydrogens is 409 g/mol. The Morgan fingerprint density at radius 3 is 2.76 bits per heavy atom. The summed E-state index contributed by atoms with van der Waals surface area (Å²) < 4.78 is 5.44. The topological polar surface area (TPSA) is 61.3 Å². The van der Waals surface area contributed by atoms with E-state index in [0.717, 1.165) is 16.5 Å². The largest absolute Gasteiger partial charge is 0.467 e. The van der Waals surface area contributed by atoms with Gasteiger partial charge in [-0.05, 0) is 48.4 Å². The Hall–Kier alpha value is -2.89. The molecule has 0 aliphatic carbocycles. The third-order valence-electron chi connectivity index (χ3n) is 4.71. The molecule has 5 nitrogen and oxygen atoms in total. The van der Waals surface area contributed by atoms with Crippen molar-refractivity contribution in [3.8, 4) is 0 Å². The van der Waals surface area contributed by atoms with E-state index >= 15 is 0 Å². The van der Waals surface area contributed by atoms with E-state index in [1.165, 1.54) is 0 Å². The summed E-state index contributed by atoms with van der Waals surface area (Å²) in [5, 5.41) is 4.93. The van der Waals surface area contributed by atoms with Crippen LogP contribution in [0.2, 0.25) is 10.0 Å². The predicted octanol–water partition coefficient (Wildman–Crippen LogP) is 6.34. The van der Waals surface area contributed by atoms with Gasteiger partial charge in [0.2, 0.25) is 0 Å². The number of para-hydroxylation sites is 1. The smallest absolute Gasteiger partial charge is 0.322 e. The molecular formula is C22H19Cl2N3O2. The molecule has 0 spiro atoms. The Morgan fingerprint density at radius 2 is 1.97 bits per heavy atom. The lowest BCUT2D eigenvalue weighted by Crippen LogP contribution is -2.36. The Morgan fingerprint density at radius 1 is 1.10 bits per heavy atom. The van der Waals surface area contributed by atoms with Gasteiger partial charge in [0.15, 0.2) is 0 Å². The van der Waals surface area contributed by atoms with Gasteiger partial charge in [-0.15, -0.1) is 0 Å². The number of furan rings is 1. The van der Waals surface area contributed by atoms with E-state index in [-0.39, 0.29) is 6.03 Å². The van der Waals surface area contributed by atoms with E-state index < -0.39 is 0 Å². The molecule has 29 heavy (non-hydrogen) atoms. The summed E-state index contributed by atoms with van der Waals surface area (Å²) in [5.74, 6) is 0.710. The van der Waals surface area contributed by atoms with Crippen LogP contribution in [0.15, 0.2) is 71.5 Å². The number of rotatable bonds is 6. The number of hydrogen-bond donors (Lipinski definition) is 2. The summed E-state index contributed by atoms with van der Waals surface area (Å²) in [6.45, 7) is 0.867. The molecule has 0 aliphatic heterocycles. The van der Waals surface area contributed by atoms with Gasteiger partial charge in [-0.3, -0.25) is 0 Å². The van der Waals surface area contributed by atoms with Crippen LogP contribution in [0.5, 0.6) is 0 Å². The summed E-state index contributed by atoms with van der Waals surface area (Å²) in [6.07, 6.45) is 4.29. The summed E-state index contributed by atoms with van der Waals surface area (Å²) in [7, 11) is 0. The average Bonchev–Trinajstić information content (AvgIpc) is 3.37. The van der Waals surface area contributed by atoms with Gasteiger partial charge in [-0.1, -0.05) is 41.4 Å². The van der Waals surface area contributed by atoms with E-state index in [9.17, 15) is 4.79 Å². The van der Waals surface area contributed by atoms with Crippen molar-refractivity contribution in [2.75, 3.05) is 11.9 Å². The monoisotopic (exact) mass is 427 g/mol. The Balaban J connectivity index is 1.51. The van der Waals surface area contributed by atoms with Crippen LogP contribution >= 0.6 is 23.2 Å². The zero-order valence-electron chi connectivity index (χ0n) is 15.5. The first-order chi connectivity index (χ1) is 14.1. The number of fused-ring (bicyclic) bond motifs is 1. The maximum Gasteiger partial charge on any atom is 0.322 e. The second-order valence-electron chi connectivity index (χ2n) is 6.66. The Labute approximate surface area is 178 Å². The van der Waals surface area contributed by atoms with Gasteiger partial charge in [-0.2, -0.15) is 0 Å². The van der Waals surface area contributed by atoms with Crippen molar-refractivity contribution in [3.63, 3.8) is 0 Å². The highest BCUT2D eigenvalue weighted by Gasteiger charge is 2.17. The molecule has 0 unspecified atom stereocenters. The minimum absolute atomic E-state index is 0.259. The van der Waals surface area contributed by atoms with Crippen molar-refractivity contribution in [2.45, 2.75) is 13.0 Å². The molecule has 2 aromatic heterocycles. The number of halogens is 2. The van der Waals surface area contributed by atoms with E-state index in [1.54, 1.807) is 35.4 Å². The van der Waals surface area contributed by atoms with Crippen LogP contribution < -0.4 is 5.32 Å². The molecule has 0 bridgehead atoms. The number of aromatic amines is 1. The standard InChI is InChI=1S/C22H19Cl2N3O2/c23-16-7-8-21(19(24)12-16)26-22(28)27(14-17-4-3-11-29-17)10-9-15-13-25-20-6-2-1-5-18(15)20/h1-8,11-13,25H,9-10,14H2,(H,26,28). The maximum atomic E-state index is 13.0. The van der Waals surface area contributed by atoms with Gasteiger partial charge < -0.3 is 19.6 Å². The van der Waals surface area contributed by atoms with Crippen LogP contribution in [0, 0.1) is 0 Å². The van der Waals surface area contributed by atoms with Crippen LogP contribution in [0.3, 0.4) is 0 Å². The number of nitrogens with one attached hydrogen (secondary N) is 2. The number of urea groups is 1. The van der Waals surface area contributed by atoms with E-state index in [0.29, 0.717) is 41.0 Å². The molecule has 0 atom stereocenters. The lowest BCUT2D eigenvalue weighted by Gasteiger charge is -2.22. The number of amides is 2. The number of anilines is 1. The highest BCUT2D eigenvalue weighted by Crippen LogP contribution is 2.26. The predicted molar refractivity (Wildman–Crippen MR) is 117 cm³/mol. The highest BCUT2D eigenvalue weighted by molar-refractivity contribution is 6.36. The molecule has 7 heteroatoms. The number of aromatic nitrogens is 1.